The Morgan fingerprint density at radius 1 is 1.07 bits per heavy atom. The minimum Gasteiger partial charge on any atom is -0.478 e. The van der Waals surface area contributed by atoms with E-state index in [2.05, 4.69) is 10.2 Å². The summed E-state index contributed by atoms with van der Waals surface area (Å²) in [4.78, 5) is 29.2. The molecule has 2 aromatic carbocycles. The molecule has 41 heavy (non-hydrogen) atoms. The Kier molecular flexibility index (Phi) is 7.99. The number of halogens is 5. The first kappa shape index (κ1) is 29.2. The van der Waals surface area contributed by atoms with Crippen molar-refractivity contribution in [2.75, 3.05) is 31.1 Å². The molecule has 7 nitrogen and oxygen atoms in total. The Balaban J connectivity index is 1.20. The zero-order valence-corrected chi connectivity index (χ0v) is 22.5. The molecule has 222 valence electrons. The summed E-state index contributed by atoms with van der Waals surface area (Å²) in [6.45, 7) is 3.80. The van der Waals surface area contributed by atoms with E-state index in [1.807, 2.05) is 11.8 Å². The molecule has 12 heteroatoms. The molecule has 2 unspecified atom stereocenters. The first-order valence-electron chi connectivity index (χ1n) is 13.7. The molecule has 1 saturated carbocycles. The average molecular weight is 582 g/mol. The SMILES string of the molecule is CC1CN(C2CC[C@@](C(=O)NCc3cc(F)cc(C(F)(F)F)c3)(C3CC3)OC2)CCN1c1ccc(F)cc1C(=O)O. The largest absolute Gasteiger partial charge is 0.478 e. The number of nitrogens with zero attached hydrogens (tertiary/aromatic N) is 2. The van der Waals surface area contributed by atoms with E-state index in [9.17, 15) is 36.6 Å². The fraction of sp³-hybridized carbons (Fsp3) is 0.517. The number of carbonyl (C=O) groups excluding carboxylic acids is 1. The molecule has 0 aromatic heterocycles. The highest BCUT2D eigenvalue weighted by Gasteiger charge is 2.54. The minimum absolute atomic E-state index is 0.0179. The highest BCUT2D eigenvalue weighted by molar-refractivity contribution is 5.94. The number of hydrogen-bond donors (Lipinski definition) is 2. The van der Waals surface area contributed by atoms with Gasteiger partial charge in [0.15, 0.2) is 0 Å². The van der Waals surface area contributed by atoms with E-state index in [4.69, 9.17) is 4.74 Å². The van der Waals surface area contributed by atoms with Crippen LogP contribution in [0.3, 0.4) is 0 Å². The fourth-order valence-corrected chi connectivity index (χ4v) is 6.16. The summed E-state index contributed by atoms with van der Waals surface area (Å²) >= 11 is 0. The predicted octanol–water partition coefficient (Wildman–Crippen LogP) is 4.84. The second-order valence-electron chi connectivity index (χ2n) is 11.2. The topological polar surface area (TPSA) is 82.1 Å². The zero-order chi connectivity index (χ0) is 29.5. The molecular weight excluding hydrogens is 549 g/mol. The molecule has 1 amide bonds. The van der Waals surface area contributed by atoms with Crippen LogP contribution < -0.4 is 10.2 Å². The third kappa shape index (κ3) is 6.18. The normalized spacial score (nSPS) is 25.7. The van der Waals surface area contributed by atoms with Crippen molar-refractivity contribution in [3.8, 4) is 0 Å². The number of anilines is 1. The molecule has 3 atom stereocenters. The number of benzene rings is 2. The Morgan fingerprint density at radius 3 is 2.44 bits per heavy atom. The highest BCUT2D eigenvalue weighted by atomic mass is 19.4. The number of carbonyl (C=O) groups is 2. The van der Waals surface area contributed by atoms with Gasteiger partial charge in [-0.2, -0.15) is 13.2 Å². The third-order valence-corrected chi connectivity index (χ3v) is 8.42. The summed E-state index contributed by atoms with van der Waals surface area (Å²) in [6, 6.07) is 5.97. The number of carboxylic acid groups (broad SMARTS) is 1. The van der Waals surface area contributed by atoms with Gasteiger partial charge in [-0.05, 0) is 80.5 Å². The maximum atomic E-state index is 13.8. The van der Waals surface area contributed by atoms with Crippen molar-refractivity contribution in [2.45, 2.75) is 63.0 Å². The lowest BCUT2D eigenvalue weighted by Crippen LogP contribution is -2.60. The van der Waals surface area contributed by atoms with Gasteiger partial charge in [-0.15, -0.1) is 0 Å². The second-order valence-corrected chi connectivity index (χ2v) is 11.2. The van der Waals surface area contributed by atoms with Crippen LogP contribution in [0.5, 0.6) is 0 Å². The molecule has 2 aromatic rings. The summed E-state index contributed by atoms with van der Waals surface area (Å²) in [5.41, 5.74) is -1.78. The number of carboxylic acids is 1. The van der Waals surface area contributed by atoms with Crippen LogP contribution in [-0.2, 0) is 22.3 Å². The van der Waals surface area contributed by atoms with Crippen LogP contribution in [0, 0.1) is 17.6 Å². The molecule has 2 N–H and O–H groups in total. The summed E-state index contributed by atoms with van der Waals surface area (Å²) in [5, 5.41) is 12.2. The van der Waals surface area contributed by atoms with Crippen LogP contribution in [0.1, 0.15) is 54.1 Å². The molecule has 0 spiro atoms. The molecule has 2 saturated heterocycles. The van der Waals surface area contributed by atoms with Crippen molar-refractivity contribution in [1.82, 2.24) is 10.2 Å². The number of nitrogens with one attached hydrogen (secondary N) is 1. The van der Waals surface area contributed by atoms with E-state index in [1.54, 1.807) is 0 Å². The van der Waals surface area contributed by atoms with Crippen LogP contribution in [-0.4, -0.2) is 65.8 Å². The number of piperazine rings is 1. The van der Waals surface area contributed by atoms with Crippen LogP contribution in [0.4, 0.5) is 27.6 Å². The number of alkyl halides is 3. The van der Waals surface area contributed by atoms with Gasteiger partial charge in [0, 0.05) is 38.3 Å². The second kappa shape index (κ2) is 11.2. The van der Waals surface area contributed by atoms with Crippen LogP contribution in [0.25, 0.3) is 0 Å². The quantitative estimate of drug-likeness (QED) is 0.456. The van der Waals surface area contributed by atoms with E-state index in [-0.39, 0.29) is 35.7 Å². The minimum atomic E-state index is -4.70. The van der Waals surface area contributed by atoms with Gasteiger partial charge < -0.3 is 20.1 Å². The highest BCUT2D eigenvalue weighted by Crippen LogP contribution is 2.47. The lowest BCUT2D eigenvalue weighted by Gasteiger charge is -2.48. The van der Waals surface area contributed by atoms with E-state index in [1.165, 1.54) is 12.1 Å². The molecule has 3 fully saturated rings. The Bertz CT molecular complexity index is 1310. The molecular formula is C29H32F5N3O4. The Labute approximate surface area is 234 Å². The number of rotatable bonds is 7. The van der Waals surface area contributed by atoms with Gasteiger partial charge in [-0.25, -0.2) is 13.6 Å². The van der Waals surface area contributed by atoms with Crippen LogP contribution in [0.2, 0.25) is 0 Å². The van der Waals surface area contributed by atoms with Crippen LogP contribution in [0.15, 0.2) is 36.4 Å². The smallest absolute Gasteiger partial charge is 0.416 e. The molecule has 1 aliphatic carbocycles. The van der Waals surface area contributed by atoms with E-state index < -0.39 is 40.9 Å². The number of aromatic carboxylic acids is 1. The van der Waals surface area contributed by atoms with Crippen LogP contribution >= 0.6 is 0 Å². The summed E-state index contributed by atoms with van der Waals surface area (Å²) < 4.78 is 73.0. The first-order valence-corrected chi connectivity index (χ1v) is 13.7. The maximum absolute atomic E-state index is 13.8. The van der Waals surface area contributed by atoms with Crippen molar-refractivity contribution < 1.29 is 41.4 Å². The predicted molar refractivity (Wildman–Crippen MR) is 139 cm³/mol. The summed E-state index contributed by atoms with van der Waals surface area (Å²) in [7, 11) is 0. The van der Waals surface area contributed by atoms with E-state index in [0.29, 0.717) is 50.8 Å². The fourth-order valence-electron chi connectivity index (χ4n) is 6.16. The number of ether oxygens (including phenoxy) is 1. The molecule has 0 radical (unpaired) electrons. The first-order chi connectivity index (χ1) is 19.4. The monoisotopic (exact) mass is 581 g/mol. The van der Waals surface area contributed by atoms with Crippen molar-refractivity contribution in [3.05, 3.63) is 64.7 Å². The Hall–Kier alpha value is -3.25. The summed E-state index contributed by atoms with van der Waals surface area (Å²) in [6.07, 6.45) is -1.95. The lowest BCUT2D eigenvalue weighted by molar-refractivity contribution is -0.165. The standard InChI is InChI=1S/C29H32F5N3O4/c1-17-15-36(8-9-37(17)25-5-4-21(30)13-24(25)26(38)39)23-6-7-28(41-16-23,19-2-3-19)27(40)35-14-18-10-20(29(32,33)34)12-22(31)11-18/h4-5,10-13,17,19,23H,2-3,6-9,14-16H2,1H3,(H,35,40)(H,38,39)/t17?,23?,28-/m0/s1. The molecule has 0 bridgehead atoms. The van der Waals surface area contributed by atoms with Gasteiger partial charge in [0.2, 0.25) is 0 Å². The number of hydrogen-bond acceptors (Lipinski definition) is 5. The zero-order valence-electron chi connectivity index (χ0n) is 22.5. The van der Waals surface area contributed by atoms with Gasteiger partial charge in [-0.1, -0.05) is 0 Å². The van der Waals surface area contributed by atoms with Gasteiger partial charge >= 0.3 is 12.1 Å². The molecule has 2 heterocycles. The maximum Gasteiger partial charge on any atom is 0.416 e. The average Bonchev–Trinajstić information content (AvgIpc) is 3.77. The Morgan fingerprint density at radius 2 is 1.83 bits per heavy atom. The van der Waals surface area contributed by atoms with E-state index in [0.717, 1.165) is 31.0 Å². The number of amides is 1. The van der Waals surface area contributed by atoms with Crippen molar-refractivity contribution in [3.63, 3.8) is 0 Å². The lowest BCUT2D eigenvalue weighted by atomic mass is 9.85. The molecule has 5 rings (SSSR count). The van der Waals surface area contributed by atoms with Gasteiger partial charge in [0.05, 0.1) is 23.4 Å². The van der Waals surface area contributed by atoms with Crippen molar-refractivity contribution in [1.29, 1.82) is 0 Å². The summed E-state index contributed by atoms with van der Waals surface area (Å²) in [5.74, 6) is -3.20. The third-order valence-electron chi connectivity index (χ3n) is 8.42. The van der Waals surface area contributed by atoms with Crippen molar-refractivity contribution in [2.24, 2.45) is 5.92 Å². The molecule has 3 aliphatic rings. The molecule has 2 aliphatic heterocycles. The van der Waals surface area contributed by atoms with Gasteiger partial charge in [0.25, 0.3) is 5.91 Å². The van der Waals surface area contributed by atoms with E-state index >= 15 is 0 Å². The van der Waals surface area contributed by atoms with Gasteiger partial charge in [-0.3, -0.25) is 9.69 Å². The van der Waals surface area contributed by atoms with Crippen molar-refractivity contribution >= 4 is 17.6 Å². The van der Waals surface area contributed by atoms with Gasteiger partial charge in [0.1, 0.15) is 17.2 Å².